The molecule has 0 bridgehead atoms. The Balaban J connectivity index is 0. The minimum Gasteiger partial charge on any atom is -0.443 e. The molecule has 0 aliphatic carbocycles. The molecular formula is C18H23N3O3UVW-2. The number of carbonyl (C=O) groups excluding carboxylic acids is 2. The first-order valence-electron chi connectivity index (χ1n) is 7.86. The molecule has 2 fully saturated rings. The van der Waals surface area contributed by atoms with Gasteiger partial charge in [0.15, 0.2) is 0 Å². The van der Waals surface area contributed by atoms with Crippen LogP contribution in [-0.2, 0) is 49.2 Å². The summed E-state index contributed by atoms with van der Waals surface area (Å²) in [6.45, 7) is 4.15. The maximum absolute atomic E-state index is 12.0. The second kappa shape index (κ2) is 14.1. The third-order valence-corrected chi connectivity index (χ3v) is 4.00. The summed E-state index contributed by atoms with van der Waals surface area (Å²) >= 11 is 0. The van der Waals surface area contributed by atoms with Crippen molar-refractivity contribution in [3.8, 4) is 0 Å². The Hall–Kier alpha value is 0.0847. The van der Waals surface area contributed by atoms with Crippen LogP contribution in [0.2, 0.25) is 0 Å². The van der Waals surface area contributed by atoms with E-state index in [9.17, 15) is 9.59 Å². The van der Waals surface area contributed by atoms with Crippen LogP contribution in [0.3, 0.4) is 0 Å². The number of carbonyl (C=O) groups is 2. The van der Waals surface area contributed by atoms with Crippen molar-refractivity contribution in [2.24, 2.45) is 0 Å². The van der Waals surface area contributed by atoms with Crippen molar-refractivity contribution in [1.82, 2.24) is 5.32 Å². The van der Waals surface area contributed by atoms with E-state index in [-0.39, 0.29) is 90.2 Å². The molecular weight excluding hydrogens is 779 g/mol. The molecule has 1 atom stereocenters. The van der Waals surface area contributed by atoms with Gasteiger partial charge >= 0.3 is 27.2 Å². The van der Waals surface area contributed by atoms with Gasteiger partial charge in [-0.3, -0.25) is 16.9 Å². The Morgan fingerprint density at radius 1 is 1.33 bits per heavy atom. The van der Waals surface area contributed by atoms with Crippen LogP contribution in [0.5, 0.6) is 0 Å². The normalized spacial score (nSPS) is 18.1. The molecule has 3 rings (SSSR count). The summed E-state index contributed by atoms with van der Waals surface area (Å²) in [6, 6.07) is 10.0. The number of amides is 2. The zero-order valence-electron chi connectivity index (χ0n) is 15.5. The minimum absolute atomic E-state index is 0. The van der Waals surface area contributed by atoms with Crippen molar-refractivity contribution in [1.29, 1.82) is 0 Å². The van der Waals surface area contributed by atoms with Crippen molar-refractivity contribution in [3.05, 3.63) is 38.1 Å². The molecule has 0 aromatic heterocycles. The first-order valence-corrected chi connectivity index (χ1v) is 7.86. The van der Waals surface area contributed by atoms with Gasteiger partial charge in [0.25, 0.3) is 0 Å². The van der Waals surface area contributed by atoms with Crippen molar-refractivity contribution in [2.75, 3.05) is 36.0 Å². The topological polar surface area (TPSA) is 61.9 Å². The molecule has 1 radical (unpaired) electrons. The summed E-state index contributed by atoms with van der Waals surface area (Å²) in [5.41, 5.74) is 1.65. The van der Waals surface area contributed by atoms with Crippen molar-refractivity contribution >= 4 is 23.4 Å². The van der Waals surface area contributed by atoms with Gasteiger partial charge in [-0.25, -0.2) is 10.5 Å². The van der Waals surface area contributed by atoms with E-state index in [1.165, 1.54) is 6.92 Å². The molecule has 2 aliphatic rings. The van der Waals surface area contributed by atoms with Gasteiger partial charge in [0.1, 0.15) is 6.10 Å². The minimum atomic E-state index is -0.400. The van der Waals surface area contributed by atoms with Crippen LogP contribution in [0.15, 0.2) is 12.1 Å². The van der Waals surface area contributed by atoms with Crippen LogP contribution in [0.4, 0.5) is 16.2 Å². The number of anilines is 2. The van der Waals surface area contributed by atoms with E-state index in [1.54, 1.807) is 17.0 Å². The predicted octanol–water partition coefficient (Wildman–Crippen LogP) is 2.00. The number of hydrogen-bond donors (Lipinski definition) is 1. The number of cyclic esters (lactones) is 1. The van der Waals surface area contributed by atoms with Gasteiger partial charge in [-0.2, -0.15) is 18.5 Å². The number of rotatable bonds is 4. The molecule has 2 amide bonds. The number of benzene rings is 1. The van der Waals surface area contributed by atoms with Crippen LogP contribution in [0.1, 0.15) is 19.8 Å². The van der Waals surface area contributed by atoms with Crippen LogP contribution in [0, 0.1) is 57.1 Å². The second-order valence-electron chi connectivity index (χ2n) is 5.76. The van der Waals surface area contributed by atoms with Crippen LogP contribution >= 0.6 is 0 Å². The van der Waals surface area contributed by atoms with E-state index < -0.39 is 6.09 Å². The summed E-state index contributed by atoms with van der Waals surface area (Å²) in [6.07, 6.45) is 3.71. The van der Waals surface area contributed by atoms with Gasteiger partial charge in [-0.1, -0.05) is 0 Å². The summed E-state index contributed by atoms with van der Waals surface area (Å²) < 4.78 is 5.26. The molecule has 1 unspecified atom stereocenters. The number of nitrogens with zero attached hydrogens (tertiary/aromatic N) is 2. The van der Waals surface area contributed by atoms with Gasteiger partial charge in [0.05, 0.1) is 6.54 Å². The van der Waals surface area contributed by atoms with Crippen LogP contribution < -0.4 is 15.1 Å². The largest absolute Gasteiger partial charge is 2.00 e. The summed E-state index contributed by atoms with van der Waals surface area (Å²) in [5, 5.41) is 2.66. The Kier molecular flexibility index (Phi) is 15.3. The number of ether oxygens (including phenoxy) is 1. The molecule has 2 saturated heterocycles. The summed E-state index contributed by atoms with van der Waals surface area (Å²) in [4.78, 5) is 26.7. The average Bonchev–Trinajstić information content (AvgIpc) is 2.95. The fourth-order valence-electron chi connectivity index (χ4n) is 2.78. The van der Waals surface area contributed by atoms with Gasteiger partial charge in [-0.05, 0) is 13.1 Å². The third kappa shape index (κ3) is 8.15. The van der Waals surface area contributed by atoms with E-state index >= 15 is 0 Å². The molecule has 1 aromatic carbocycles. The molecule has 2 heterocycles. The van der Waals surface area contributed by atoms with Crippen molar-refractivity contribution in [3.63, 3.8) is 0 Å². The fourth-order valence-corrected chi connectivity index (χ4v) is 2.78. The molecule has 2 aliphatic heterocycles. The molecule has 27 heavy (non-hydrogen) atoms. The maximum atomic E-state index is 12.0. The first kappa shape index (κ1) is 29.3. The Morgan fingerprint density at radius 3 is 2.48 bits per heavy atom. The molecule has 0 spiro atoms. The standard InChI is InChI=1S/C17H20N3O3.CH3.U.V.W/c1-13(21)18-11-16-12-20(17(22)23-16)15-7-5-14(6-8-15)19-9-3-2-4-10-19;;;;/h2,7-8,16H,3-4,9-12H2,1H3,(H,18,21);1H3;;;/q-3;-1;;;+2. The zero-order chi connectivity index (χ0) is 16.2. The maximum Gasteiger partial charge on any atom is 2.00 e. The summed E-state index contributed by atoms with van der Waals surface area (Å²) in [7, 11) is 0. The third-order valence-electron chi connectivity index (χ3n) is 4.00. The van der Waals surface area contributed by atoms with Gasteiger partial charge in [0.2, 0.25) is 5.91 Å². The Bertz CT molecular complexity index is 586. The van der Waals surface area contributed by atoms with Gasteiger partial charge in [-0.15, -0.1) is 0 Å². The Labute approximate surface area is 212 Å². The molecule has 0 saturated carbocycles. The SMILES string of the molecule is CC(=O)NCC1CN(c2c[c-]c(N3CC[CH-]CC3)[c-]c2)C(=O)O1.[CH3-].[U].[V].[W+2]. The monoisotopic (exact) mass is 802 g/mol. The quantitative estimate of drug-likeness (QED) is 0.474. The van der Waals surface area contributed by atoms with E-state index in [0.29, 0.717) is 18.8 Å². The zero-order valence-corrected chi connectivity index (χ0v) is 24.0. The van der Waals surface area contributed by atoms with Gasteiger partial charge in [0, 0.05) is 63.1 Å². The Morgan fingerprint density at radius 2 is 1.93 bits per heavy atom. The number of nitrogens with one attached hydrogen (secondary N) is 1. The molecule has 6 nitrogen and oxygen atoms in total. The predicted molar refractivity (Wildman–Crippen MR) is 92.6 cm³/mol. The smallest absolute Gasteiger partial charge is 0.443 e. The first-order chi connectivity index (χ1) is 11.1. The fraction of sp³-hybridized carbons (Fsp3) is 0.444. The second-order valence-corrected chi connectivity index (χ2v) is 5.76. The molecule has 145 valence electrons. The average molecular weight is 802 g/mol. The van der Waals surface area contributed by atoms with Gasteiger partial charge < -0.3 is 45.8 Å². The van der Waals surface area contributed by atoms with E-state index in [1.807, 2.05) is 0 Å². The van der Waals surface area contributed by atoms with Crippen LogP contribution in [0.25, 0.3) is 0 Å². The number of piperidine rings is 1. The van der Waals surface area contributed by atoms with Crippen molar-refractivity contribution in [2.45, 2.75) is 25.9 Å². The molecule has 9 heteroatoms. The number of hydrogen-bond acceptors (Lipinski definition) is 4. The van der Waals surface area contributed by atoms with Crippen LogP contribution in [-0.4, -0.2) is 44.3 Å². The van der Waals surface area contributed by atoms with E-state index in [0.717, 1.165) is 31.6 Å². The molecule has 1 aromatic rings. The summed E-state index contributed by atoms with van der Waals surface area (Å²) in [5.74, 6) is -0.135. The van der Waals surface area contributed by atoms with E-state index in [4.69, 9.17) is 4.74 Å². The molecule has 1 N–H and O–H groups in total. The van der Waals surface area contributed by atoms with E-state index in [2.05, 4.69) is 28.8 Å². The van der Waals surface area contributed by atoms with Crippen molar-refractivity contribution < 1.29 is 85.1 Å².